The zero-order valence-electron chi connectivity index (χ0n) is 18.6. The van der Waals surface area contributed by atoms with Gasteiger partial charge in [-0.25, -0.2) is 19.3 Å². The predicted molar refractivity (Wildman–Crippen MR) is 128 cm³/mol. The maximum atomic E-state index is 13.7. The van der Waals surface area contributed by atoms with Crippen LogP contribution in [0.4, 0.5) is 10.2 Å². The van der Waals surface area contributed by atoms with Gasteiger partial charge in [-0.05, 0) is 50.5 Å². The third-order valence-electron chi connectivity index (χ3n) is 5.25. The van der Waals surface area contributed by atoms with Crippen LogP contribution in [-0.2, 0) is 12.8 Å². The van der Waals surface area contributed by atoms with Crippen molar-refractivity contribution in [1.29, 1.82) is 0 Å². The van der Waals surface area contributed by atoms with E-state index in [0.717, 1.165) is 40.5 Å². The first kappa shape index (κ1) is 21.7. The Morgan fingerprint density at radius 2 is 2.16 bits per heavy atom. The van der Waals surface area contributed by atoms with Gasteiger partial charge in [0.05, 0.1) is 6.33 Å². The highest BCUT2D eigenvalue weighted by molar-refractivity contribution is 5.84. The van der Waals surface area contributed by atoms with Crippen molar-refractivity contribution in [3.05, 3.63) is 60.2 Å². The number of aromatic nitrogens is 5. The van der Waals surface area contributed by atoms with Crippen LogP contribution in [0.5, 0.6) is 0 Å². The molecule has 4 rings (SSSR count). The van der Waals surface area contributed by atoms with Crippen molar-refractivity contribution in [2.24, 2.45) is 4.99 Å². The Labute approximate surface area is 186 Å². The first-order valence-corrected chi connectivity index (χ1v) is 11.0. The third kappa shape index (κ3) is 4.69. The Balaban J connectivity index is 1.56. The first-order valence-electron chi connectivity index (χ1n) is 11.0. The van der Waals surface area contributed by atoms with E-state index in [1.807, 2.05) is 23.1 Å². The maximum Gasteiger partial charge on any atom is 0.166 e. The summed E-state index contributed by atoms with van der Waals surface area (Å²) in [5.41, 5.74) is 3.54. The molecule has 0 amide bonds. The van der Waals surface area contributed by atoms with Gasteiger partial charge in [0.25, 0.3) is 0 Å². The second kappa shape index (κ2) is 9.72. The Hall–Kier alpha value is -3.55. The van der Waals surface area contributed by atoms with Crippen LogP contribution in [0.15, 0.2) is 48.0 Å². The number of nitrogens with zero attached hydrogens (tertiary/aromatic N) is 5. The number of imidazole rings is 1. The van der Waals surface area contributed by atoms with Gasteiger partial charge in [0.2, 0.25) is 0 Å². The number of allylic oxidation sites excluding steroid dienone is 1. The third-order valence-corrected chi connectivity index (χ3v) is 5.25. The Morgan fingerprint density at radius 1 is 1.28 bits per heavy atom. The molecule has 0 saturated carbocycles. The van der Waals surface area contributed by atoms with Gasteiger partial charge in [0.1, 0.15) is 17.2 Å². The summed E-state index contributed by atoms with van der Waals surface area (Å²) in [5, 5.41) is 4.32. The van der Waals surface area contributed by atoms with Crippen LogP contribution in [0, 0.1) is 5.82 Å². The van der Waals surface area contributed by atoms with Crippen LogP contribution >= 0.6 is 0 Å². The van der Waals surface area contributed by atoms with Gasteiger partial charge >= 0.3 is 0 Å². The Bertz CT molecular complexity index is 1270. The molecule has 32 heavy (non-hydrogen) atoms. The van der Waals surface area contributed by atoms with Gasteiger partial charge in [-0.15, -0.1) is 0 Å². The smallest absolute Gasteiger partial charge is 0.166 e. The lowest BCUT2D eigenvalue weighted by molar-refractivity contribution is 0.612. The summed E-state index contributed by atoms with van der Waals surface area (Å²) in [6, 6.07) is 5.03. The molecular weight excluding hydrogens is 405 g/mol. The highest BCUT2D eigenvalue weighted by Crippen LogP contribution is 2.23. The van der Waals surface area contributed by atoms with Crippen LogP contribution in [0.25, 0.3) is 22.1 Å². The quantitative estimate of drug-likeness (QED) is 0.355. The molecule has 0 atom stereocenters. The molecule has 3 aromatic heterocycles. The standard InChI is InChI=1S/C24H28FN7/c1-4-5-10-26-11-9-21-30-23(22-24(31-21)32(15-29-22)16(2)3)27-12-8-17-14-28-20-7-6-18(25)13-19(17)20/h5-7,10-11,13-16,28H,4,8-9,12H2,1-3H3,(H,27,30,31)/b10-5-,26-11?. The van der Waals surface area contributed by atoms with Crippen molar-refractivity contribution in [3.63, 3.8) is 0 Å². The minimum absolute atomic E-state index is 0.233. The Morgan fingerprint density at radius 3 is 2.97 bits per heavy atom. The summed E-state index contributed by atoms with van der Waals surface area (Å²) in [4.78, 5) is 21.5. The fourth-order valence-corrected chi connectivity index (χ4v) is 3.59. The number of benzene rings is 1. The second-order valence-corrected chi connectivity index (χ2v) is 7.92. The largest absolute Gasteiger partial charge is 0.368 e. The molecule has 0 aliphatic rings. The molecule has 2 N–H and O–H groups in total. The molecule has 0 radical (unpaired) electrons. The van der Waals surface area contributed by atoms with E-state index < -0.39 is 0 Å². The molecule has 0 aliphatic heterocycles. The van der Waals surface area contributed by atoms with E-state index in [4.69, 9.17) is 9.97 Å². The van der Waals surface area contributed by atoms with Gasteiger partial charge in [-0.3, -0.25) is 4.99 Å². The maximum absolute atomic E-state index is 13.7. The number of H-pyrrole nitrogens is 1. The van der Waals surface area contributed by atoms with Gasteiger partial charge < -0.3 is 14.9 Å². The van der Waals surface area contributed by atoms with E-state index >= 15 is 0 Å². The summed E-state index contributed by atoms with van der Waals surface area (Å²) >= 11 is 0. The van der Waals surface area contributed by atoms with Crippen molar-refractivity contribution in [3.8, 4) is 0 Å². The summed E-state index contributed by atoms with van der Waals surface area (Å²) in [7, 11) is 0. The van der Waals surface area contributed by atoms with E-state index in [1.54, 1.807) is 24.7 Å². The average Bonchev–Trinajstić information content (AvgIpc) is 3.38. The molecule has 1 aromatic carbocycles. The molecule has 0 aliphatic carbocycles. The highest BCUT2D eigenvalue weighted by Gasteiger charge is 2.15. The topological polar surface area (TPSA) is 83.8 Å². The molecule has 0 fully saturated rings. The normalized spacial score (nSPS) is 12.3. The predicted octanol–water partition coefficient (Wildman–Crippen LogP) is 5.22. The molecule has 3 heterocycles. The Kier molecular flexibility index (Phi) is 6.58. The number of rotatable bonds is 9. The lowest BCUT2D eigenvalue weighted by Crippen LogP contribution is -2.10. The molecule has 166 valence electrons. The number of nitrogens with one attached hydrogen (secondary N) is 2. The van der Waals surface area contributed by atoms with Crippen LogP contribution in [0.3, 0.4) is 0 Å². The fraction of sp³-hybridized carbons (Fsp3) is 0.333. The van der Waals surface area contributed by atoms with Gasteiger partial charge in [0, 0.05) is 48.5 Å². The van der Waals surface area contributed by atoms with Crippen LogP contribution in [-0.4, -0.2) is 37.3 Å². The number of hydrogen-bond acceptors (Lipinski definition) is 5. The number of hydrogen-bond donors (Lipinski definition) is 2. The molecular formula is C24H28FN7. The molecule has 4 aromatic rings. The number of aliphatic imine (C=N–C) groups is 1. The average molecular weight is 434 g/mol. The minimum Gasteiger partial charge on any atom is -0.368 e. The zero-order chi connectivity index (χ0) is 22.5. The van der Waals surface area contributed by atoms with Gasteiger partial charge in [0.15, 0.2) is 11.5 Å². The molecule has 0 bridgehead atoms. The number of aromatic amines is 1. The summed E-state index contributed by atoms with van der Waals surface area (Å²) in [5.74, 6) is 1.15. The zero-order valence-corrected chi connectivity index (χ0v) is 18.6. The van der Waals surface area contributed by atoms with E-state index in [-0.39, 0.29) is 11.9 Å². The number of fused-ring (bicyclic) bond motifs is 2. The van der Waals surface area contributed by atoms with Crippen molar-refractivity contribution < 1.29 is 4.39 Å². The second-order valence-electron chi connectivity index (χ2n) is 7.92. The molecule has 0 unspecified atom stereocenters. The monoisotopic (exact) mass is 433 g/mol. The van der Waals surface area contributed by atoms with Crippen molar-refractivity contribution in [2.45, 2.75) is 46.1 Å². The number of halogens is 1. The van der Waals surface area contributed by atoms with Crippen molar-refractivity contribution in [2.75, 3.05) is 11.9 Å². The van der Waals surface area contributed by atoms with E-state index in [2.05, 4.69) is 41.0 Å². The van der Waals surface area contributed by atoms with Crippen LogP contribution < -0.4 is 5.32 Å². The van der Waals surface area contributed by atoms with E-state index in [1.165, 1.54) is 6.07 Å². The highest BCUT2D eigenvalue weighted by atomic mass is 19.1. The lowest BCUT2D eigenvalue weighted by atomic mass is 10.1. The van der Waals surface area contributed by atoms with Gasteiger partial charge in [-0.2, -0.15) is 0 Å². The molecule has 0 spiro atoms. The first-order chi connectivity index (χ1) is 15.6. The van der Waals surface area contributed by atoms with E-state index in [9.17, 15) is 4.39 Å². The lowest BCUT2D eigenvalue weighted by Gasteiger charge is -2.10. The minimum atomic E-state index is -0.233. The molecule has 0 saturated heterocycles. The van der Waals surface area contributed by atoms with Crippen LogP contribution in [0.1, 0.15) is 44.6 Å². The van der Waals surface area contributed by atoms with E-state index in [0.29, 0.717) is 24.6 Å². The fourth-order valence-electron chi connectivity index (χ4n) is 3.59. The van der Waals surface area contributed by atoms with Crippen LogP contribution in [0.2, 0.25) is 0 Å². The van der Waals surface area contributed by atoms with Gasteiger partial charge in [-0.1, -0.05) is 13.0 Å². The molecule has 8 heteroatoms. The SMILES string of the molecule is CC/C=C\N=CCc1nc(NCCc2c[nH]c3ccc(F)cc23)c2ncn(C(C)C)c2n1. The summed E-state index contributed by atoms with van der Waals surface area (Å²) in [6.07, 6.45) is 11.5. The van der Waals surface area contributed by atoms with Crippen molar-refractivity contribution in [1.82, 2.24) is 24.5 Å². The van der Waals surface area contributed by atoms with Crippen molar-refractivity contribution >= 4 is 34.1 Å². The molecule has 7 nitrogen and oxygen atoms in total. The summed E-state index contributed by atoms with van der Waals surface area (Å²) < 4.78 is 15.7. The number of anilines is 1. The summed E-state index contributed by atoms with van der Waals surface area (Å²) in [6.45, 7) is 6.91.